The van der Waals surface area contributed by atoms with Crippen molar-refractivity contribution in [2.45, 2.75) is 6.54 Å². The van der Waals surface area contributed by atoms with E-state index in [4.69, 9.17) is 19.4 Å². The van der Waals surface area contributed by atoms with Gasteiger partial charge < -0.3 is 9.73 Å². The van der Waals surface area contributed by atoms with Crippen LogP contribution in [0.3, 0.4) is 0 Å². The summed E-state index contributed by atoms with van der Waals surface area (Å²) in [6.07, 6.45) is 4.07. The van der Waals surface area contributed by atoms with Crippen molar-refractivity contribution in [1.82, 2.24) is 20.3 Å². The number of fused-ring (bicyclic) bond motifs is 5. The highest BCUT2D eigenvalue weighted by atomic mass is 16.3. The Morgan fingerprint density at radius 2 is 1.24 bits per heavy atom. The lowest BCUT2D eigenvalue weighted by atomic mass is 9.99. The van der Waals surface area contributed by atoms with Crippen molar-refractivity contribution in [2.75, 3.05) is 0 Å². The van der Waals surface area contributed by atoms with E-state index in [0.29, 0.717) is 17.5 Å². The molecule has 0 saturated carbocycles. The molecule has 0 aliphatic carbocycles. The number of nitrogens with zero attached hydrogens (tertiary/aromatic N) is 3. The van der Waals surface area contributed by atoms with Crippen LogP contribution in [0.25, 0.3) is 84.1 Å². The highest BCUT2D eigenvalue weighted by Crippen LogP contribution is 2.38. The average Bonchev–Trinajstić information content (AvgIpc) is 3.48. The number of aromatic nitrogens is 3. The van der Waals surface area contributed by atoms with Crippen molar-refractivity contribution < 1.29 is 4.42 Å². The lowest BCUT2D eigenvalue weighted by Crippen LogP contribution is -2.09. The molecule has 0 fully saturated rings. The standard InChI is InChI=1S/C40H26N4O/c1-2-8-27(9-3-1)38-42-39(28-16-13-26(14-17-28)30-18-15-25-7-4-5-10-29(25)21-30)44-40(43-38)33-11-6-12-35-37(33)34-22-32-24-41-20-19-31(32)23-36(34)45-35/h1-23,41H,24H2. The van der Waals surface area contributed by atoms with E-state index in [2.05, 4.69) is 96.3 Å². The minimum atomic E-state index is 0.613. The molecule has 1 aliphatic rings. The van der Waals surface area contributed by atoms with Crippen LogP contribution in [0.15, 0.2) is 138 Å². The molecule has 0 spiro atoms. The van der Waals surface area contributed by atoms with E-state index in [-0.39, 0.29) is 0 Å². The number of nitrogens with one attached hydrogen (secondary N) is 1. The van der Waals surface area contributed by atoms with E-state index in [1.165, 1.54) is 27.5 Å². The van der Waals surface area contributed by atoms with Gasteiger partial charge in [0.1, 0.15) is 11.2 Å². The summed E-state index contributed by atoms with van der Waals surface area (Å²) >= 11 is 0. The summed E-state index contributed by atoms with van der Waals surface area (Å²) in [6.45, 7) is 0.778. The summed E-state index contributed by atoms with van der Waals surface area (Å²) in [5, 5.41) is 7.84. The van der Waals surface area contributed by atoms with Gasteiger partial charge >= 0.3 is 0 Å². The molecule has 3 heterocycles. The minimum absolute atomic E-state index is 0.613. The summed E-state index contributed by atoms with van der Waals surface area (Å²) in [6, 6.07) is 44.0. The Balaban J connectivity index is 1.20. The Kier molecular flexibility index (Phi) is 5.81. The first-order valence-corrected chi connectivity index (χ1v) is 15.1. The Morgan fingerprint density at radius 1 is 0.533 bits per heavy atom. The number of hydrogen-bond donors (Lipinski definition) is 1. The molecule has 5 heteroatoms. The van der Waals surface area contributed by atoms with Crippen LogP contribution < -0.4 is 5.32 Å². The van der Waals surface area contributed by atoms with E-state index < -0.39 is 0 Å². The van der Waals surface area contributed by atoms with Crippen LogP contribution in [0, 0.1) is 0 Å². The van der Waals surface area contributed by atoms with Crippen molar-refractivity contribution in [1.29, 1.82) is 0 Å². The molecule has 45 heavy (non-hydrogen) atoms. The van der Waals surface area contributed by atoms with E-state index in [1.807, 2.05) is 48.7 Å². The van der Waals surface area contributed by atoms with E-state index in [0.717, 1.165) is 50.7 Å². The van der Waals surface area contributed by atoms with Gasteiger partial charge in [-0.2, -0.15) is 0 Å². The van der Waals surface area contributed by atoms with Crippen LogP contribution in [0.2, 0.25) is 0 Å². The van der Waals surface area contributed by atoms with Gasteiger partial charge in [-0.15, -0.1) is 0 Å². The summed E-state index contributed by atoms with van der Waals surface area (Å²) in [7, 11) is 0. The summed E-state index contributed by atoms with van der Waals surface area (Å²) in [5.41, 5.74) is 9.16. The van der Waals surface area contributed by atoms with Crippen LogP contribution in [0.1, 0.15) is 11.1 Å². The van der Waals surface area contributed by atoms with Crippen LogP contribution in [0.4, 0.5) is 0 Å². The maximum Gasteiger partial charge on any atom is 0.164 e. The SMILES string of the molecule is C1=Cc2cc3oc4cccc(-c5nc(-c6ccccc6)nc(-c6ccc(-c7ccc8ccccc8c7)cc6)n5)c4c3cc2CN1. The summed E-state index contributed by atoms with van der Waals surface area (Å²) < 4.78 is 6.37. The highest BCUT2D eigenvalue weighted by Gasteiger charge is 2.19. The number of benzene rings is 6. The Morgan fingerprint density at radius 3 is 2.09 bits per heavy atom. The first-order valence-electron chi connectivity index (χ1n) is 15.1. The molecule has 212 valence electrons. The van der Waals surface area contributed by atoms with Crippen LogP contribution >= 0.6 is 0 Å². The van der Waals surface area contributed by atoms with E-state index in [1.54, 1.807) is 0 Å². The van der Waals surface area contributed by atoms with Crippen LogP contribution in [-0.2, 0) is 6.54 Å². The summed E-state index contributed by atoms with van der Waals surface area (Å²) in [4.78, 5) is 15.1. The molecular weight excluding hydrogens is 552 g/mol. The molecule has 2 aromatic heterocycles. The Bertz CT molecular complexity index is 2420. The third kappa shape index (κ3) is 4.45. The second kappa shape index (κ2) is 10.3. The fraction of sp³-hybridized carbons (Fsp3) is 0.0250. The van der Waals surface area contributed by atoms with Gasteiger partial charge in [0, 0.05) is 34.0 Å². The predicted octanol–water partition coefficient (Wildman–Crippen LogP) is 9.67. The van der Waals surface area contributed by atoms with E-state index >= 15 is 0 Å². The fourth-order valence-electron chi connectivity index (χ4n) is 6.27. The topological polar surface area (TPSA) is 63.8 Å². The van der Waals surface area contributed by atoms with Gasteiger partial charge in [-0.25, -0.2) is 15.0 Å². The Labute approximate surface area is 259 Å². The zero-order valence-electron chi connectivity index (χ0n) is 24.2. The normalized spacial score (nSPS) is 12.4. The maximum absolute atomic E-state index is 6.37. The van der Waals surface area contributed by atoms with Gasteiger partial charge in [-0.3, -0.25) is 0 Å². The zero-order valence-corrected chi connectivity index (χ0v) is 24.2. The molecule has 1 aliphatic heterocycles. The van der Waals surface area contributed by atoms with E-state index in [9.17, 15) is 0 Å². The van der Waals surface area contributed by atoms with Crippen molar-refractivity contribution >= 4 is 38.8 Å². The smallest absolute Gasteiger partial charge is 0.164 e. The molecule has 1 N–H and O–H groups in total. The van der Waals surface area contributed by atoms with Crippen molar-refractivity contribution in [3.63, 3.8) is 0 Å². The molecule has 5 nitrogen and oxygen atoms in total. The van der Waals surface area contributed by atoms with Gasteiger partial charge in [0.15, 0.2) is 17.5 Å². The molecule has 0 radical (unpaired) electrons. The molecule has 8 aromatic rings. The predicted molar refractivity (Wildman–Crippen MR) is 182 cm³/mol. The molecule has 0 unspecified atom stereocenters. The lowest BCUT2D eigenvalue weighted by Gasteiger charge is -2.12. The highest BCUT2D eigenvalue weighted by molar-refractivity contribution is 6.12. The van der Waals surface area contributed by atoms with Gasteiger partial charge in [0.05, 0.1) is 0 Å². The molecular formula is C40H26N4O. The summed E-state index contributed by atoms with van der Waals surface area (Å²) in [5.74, 6) is 1.87. The van der Waals surface area contributed by atoms with Gasteiger partial charge in [-0.05, 0) is 69.6 Å². The molecule has 0 amide bonds. The third-order valence-corrected chi connectivity index (χ3v) is 8.56. The average molecular weight is 579 g/mol. The van der Waals surface area contributed by atoms with Crippen molar-refractivity contribution in [3.05, 3.63) is 145 Å². The number of rotatable bonds is 4. The van der Waals surface area contributed by atoms with Crippen LogP contribution in [0.5, 0.6) is 0 Å². The minimum Gasteiger partial charge on any atom is -0.456 e. The second-order valence-corrected chi connectivity index (χ2v) is 11.4. The molecule has 0 atom stereocenters. The van der Waals surface area contributed by atoms with Gasteiger partial charge in [0.2, 0.25) is 0 Å². The molecule has 0 saturated heterocycles. The number of hydrogen-bond acceptors (Lipinski definition) is 5. The van der Waals surface area contributed by atoms with Crippen molar-refractivity contribution in [2.24, 2.45) is 0 Å². The third-order valence-electron chi connectivity index (χ3n) is 8.56. The van der Waals surface area contributed by atoms with Crippen molar-refractivity contribution in [3.8, 4) is 45.3 Å². The number of furan rings is 1. The lowest BCUT2D eigenvalue weighted by molar-refractivity contribution is 0.668. The molecule has 6 aromatic carbocycles. The quantitative estimate of drug-likeness (QED) is 0.225. The first-order chi connectivity index (χ1) is 22.3. The first kappa shape index (κ1) is 25.4. The largest absolute Gasteiger partial charge is 0.456 e. The second-order valence-electron chi connectivity index (χ2n) is 11.4. The fourth-order valence-corrected chi connectivity index (χ4v) is 6.27. The molecule has 0 bridgehead atoms. The Hall–Kier alpha value is -6.07. The van der Waals surface area contributed by atoms with Gasteiger partial charge in [-0.1, -0.05) is 103 Å². The maximum atomic E-state index is 6.37. The molecule has 9 rings (SSSR count). The monoisotopic (exact) mass is 578 g/mol. The zero-order chi connectivity index (χ0) is 29.7. The van der Waals surface area contributed by atoms with Crippen LogP contribution in [-0.4, -0.2) is 15.0 Å². The van der Waals surface area contributed by atoms with Gasteiger partial charge in [0.25, 0.3) is 0 Å².